The summed E-state index contributed by atoms with van der Waals surface area (Å²) < 4.78 is 11.4. The molecule has 1 aromatic carbocycles. The van der Waals surface area contributed by atoms with E-state index in [4.69, 9.17) is 14.7 Å². The van der Waals surface area contributed by atoms with Gasteiger partial charge >= 0.3 is 0 Å². The second-order valence-electron chi connectivity index (χ2n) is 12.6. The second-order valence-corrected chi connectivity index (χ2v) is 12.6. The van der Waals surface area contributed by atoms with Crippen LogP contribution in [0.2, 0.25) is 0 Å². The fraction of sp³-hybridized carbons (Fsp3) is 0.417. The zero-order valence-corrected chi connectivity index (χ0v) is 26.8. The van der Waals surface area contributed by atoms with E-state index in [2.05, 4.69) is 69.4 Å². The molecular weight excluding hydrogens is 574 g/mol. The molecular formula is C36H41N9O. The Morgan fingerprint density at radius 2 is 1.83 bits per heavy atom. The number of ether oxygens (including phenoxy) is 1. The molecule has 2 aliphatic rings. The van der Waals surface area contributed by atoms with Crippen LogP contribution in [0.3, 0.4) is 0 Å². The van der Waals surface area contributed by atoms with Gasteiger partial charge in [-0.15, -0.1) is 0 Å². The summed E-state index contributed by atoms with van der Waals surface area (Å²) in [6.45, 7) is 5.17. The molecule has 0 atom stereocenters. The third-order valence-corrected chi connectivity index (χ3v) is 9.44. The summed E-state index contributed by atoms with van der Waals surface area (Å²) in [6, 6.07) is 13.3. The summed E-state index contributed by atoms with van der Waals surface area (Å²) in [6.07, 6.45) is 15.7. The smallest absolute Gasteiger partial charge is 0.134 e. The van der Waals surface area contributed by atoms with Gasteiger partial charge in [-0.25, -0.2) is 9.97 Å². The lowest BCUT2D eigenvalue weighted by molar-refractivity contribution is 0.183. The number of likely N-dealkylation sites (tertiary alicyclic amines) is 1. The zero-order chi connectivity index (χ0) is 31.5. The van der Waals surface area contributed by atoms with Crippen molar-refractivity contribution in [2.24, 2.45) is 13.0 Å². The van der Waals surface area contributed by atoms with Gasteiger partial charge in [0.25, 0.3) is 0 Å². The molecule has 0 saturated carbocycles. The van der Waals surface area contributed by atoms with E-state index in [1.165, 1.54) is 33.5 Å². The van der Waals surface area contributed by atoms with Gasteiger partial charge in [-0.3, -0.25) is 9.36 Å². The fourth-order valence-electron chi connectivity index (χ4n) is 6.81. The van der Waals surface area contributed by atoms with Crippen LogP contribution in [0.25, 0.3) is 22.4 Å². The van der Waals surface area contributed by atoms with Gasteiger partial charge in [-0.05, 0) is 67.1 Å². The average Bonchev–Trinajstić information content (AvgIpc) is 3.82. The van der Waals surface area contributed by atoms with E-state index in [1.807, 2.05) is 34.0 Å². The number of benzene rings is 1. The van der Waals surface area contributed by atoms with E-state index in [-0.39, 0.29) is 5.92 Å². The predicted molar refractivity (Wildman–Crippen MR) is 176 cm³/mol. The maximum atomic E-state index is 9.17. The van der Waals surface area contributed by atoms with Gasteiger partial charge in [0.1, 0.15) is 5.82 Å². The number of hydrogen-bond donors (Lipinski definition) is 0. The van der Waals surface area contributed by atoms with Crippen molar-refractivity contribution in [1.29, 1.82) is 5.26 Å². The number of hydrogen-bond acceptors (Lipinski definition) is 7. The van der Waals surface area contributed by atoms with Gasteiger partial charge in [0.2, 0.25) is 0 Å². The maximum Gasteiger partial charge on any atom is 0.134 e. The normalized spacial score (nSPS) is 15.1. The van der Waals surface area contributed by atoms with E-state index in [0.717, 1.165) is 87.6 Å². The Labute approximate surface area is 270 Å². The number of piperidine rings is 1. The van der Waals surface area contributed by atoms with Gasteiger partial charge in [0, 0.05) is 74.6 Å². The van der Waals surface area contributed by atoms with Crippen molar-refractivity contribution in [2.45, 2.75) is 51.6 Å². The van der Waals surface area contributed by atoms with Crippen molar-refractivity contribution in [2.75, 3.05) is 33.4 Å². The summed E-state index contributed by atoms with van der Waals surface area (Å²) in [5.74, 6) is 1.01. The van der Waals surface area contributed by atoms with Crippen molar-refractivity contribution in [1.82, 2.24) is 39.0 Å². The molecule has 0 bridgehead atoms. The first kappa shape index (κ1) is 30.1. The monoisotopic (exact) mass is 615 g/mol. The molecule has 10 nitrogen and oxygen atoms in total. The SMILES string of the molecule is COCCn1ccc(Cc2ncc3c(n2)-c2c(cn(C)c2Cc2cccc(-c4cnn(CCN5CCC(C#N)CC5)c4)c2)CC3)n1. The summed E-state index contributed by atoms with van der Waals surface area (Å²) in [4.78, 5) is 12.3. The molecule has 0 amide bonds. The first-order valence-electron chi connectivity index (χ1n) is 16.3. The molecule has 0 unspecified atom stereocenters. The standard InChI is InChI=1S/C36H41N9O/c1-42-24-30-7-6-29-22-38-34(20-32-10-13-44(41-32)16-17-46-2)40-36(29)35(30)33(42)19-27-4-3-5-28(18-27)31-23-39-45(25-31)15-14-43-11-8-26(21-37)9-12-43/h3-5,10,13,18,22-26H,6-9,11-12,14-17,19-20H2,1-2H3. The van der Waals surface area contributed by atoms with Crippen LogP contribution in [0.15, 0.2) is 61.3 Å². The highest BCUT2D eigenvalue weighted by molar-refractivity contribution is 5.73. The van der Waals surface area contributed by atoms with Crippen molar-refractivity contribution in [3.63, 3.8) is 0 Å². The lowest BCUT2D eigenvalue weighted by atomic mass is 9.90. The van der Waals surface area contributed by atoms with Crippen LogP contribution in [-0.4, -0.2) is 72.3 Å². The number of nitrogens with zero attached hydrogens (tertiary/aromatic N) is 9. The minimum atomic E-state index is 0.217. The van der Waals surface area contributed by atoms with Crippen molar-refractivity contribution in [3.8, 4) is 28.5 Å². The van der Waals surface area contributed by atoms with Crippen molar-refractivity contribution < 1.29 is 4.74 Å². The van der Waals surface area contributed by atoms with Crippen LogP contribution in [0.1, 0.15) is 46.7 Å². The Morgan fingerprint density at radius 3 is 2.67 bits per heavy atom. The maximum absolute atomic E-state index is 9.17. The van der Waals surface area contributed by atoms with Crippen LogP contribution in [0, 0.1) is 17.2 Å². The Balaban J connectivity index is 1.07. The molecule has 5 heterocycles. The lowest BCUT2D eigenvalue weighted by Gasteiger charge is -2.28. The largest absolute Gasteiger partial charge is 0.383 e. The van der Waals surface area contributed by atoms with Gasteiger partial charge in [-0.1, -0.05) is 24.3 Å². The van der Waals surface area contributed by atoms with E-state index in [0.29, 0.717) is 13.0 Å². The number of fused-ring (bicyclic) bond motifs is 3. The number of methoxy groups -OCH3 is 1. The number of nitriles is 1. The molecule has 10 heteroatoms. The third kappa shape index (κ3) is 6.52. The fourth-order valence-corrected chi connectivity index (χ4v) is 6.81. The molecule has 1 saturated heterocycles. The average molecular weight is 616 g/mol. The number of aromatic nitrogens is 7. The molecule has 0 N–H and O–H groups in total. The first-order chi connectivity index (χ1) is 22.6. The quantitative estimate of drug-likeness (QED) is 0.212. The molecule has 1 fully saturated rings. The molecule has 0 spiro atoms. The molecule has 4 aromatic heterocycles. The van der Waals surface area contributed by atoms with Crippen LogP contribution >= 0.6 is 0 Å². The molecule has 236 valence electrons. The van der Waals surface area contributed by atoms with Crippen LogP contribution in [0.4, 0.5) is 0 Å². The third-order valence-electron chi connectivity index (χ3n) is 9.44. The van der Waals surface area contributed by atoms with Gasteiger partial charge in [0.05, 0.1) is 49.8 Å². The summed E-state index contributed by atoms with van der Waals surface area (Å²) in [5.41, 5.74) is 10.7. The minimum absolute atomic E-state index is 0.217. The minimum Gasteiger partial charge on any atom is -0.383 e. The highest BCUT2D eigenvalue weighted by Crippen LogP contribution is 2.37. The summed E-state index contributed by atoms with van der Waals surface area (Å²) in [7, 11) is 3.86. The molecule has 1 aliphatic carbocycles. The first-order valence-corrected chi connectivity index (χ1v) is 16.3. The molecule has 1 aliphatic heterocycles. The lowest BCUT2D eigenvalue weighted by Crippen LogP contribution is -2.35. The van der Waals surface area contributed by atoms with Crippen molar-refractivity contribution >= 4 is 0 Å². The molecule has 5 aromatic rings. The highest BCUT2D eigenvalue weighted by atomic mass is 16.5. The van der Waals surface area contributed by atoms with Crippen LogP contribution < -0.4 is 0 Å². The summed E-state index contributed by atoms with van der Waals surface area (Å²) >= 11 is 0. The molecule has 0 radical (unpaired) electrons. The Bertz CT molecular complexity index is 1850. The number of aryl methyl sites for hydroxylation is 3. The van der Waals surface area contributed by atoms with Gasteiger partial charge in [-0.2, -0.15) is 15.5 Å². The zero-order valence-electron chi connectivity index (χ0n) is 26.8. The number of rotatable bonds is 11. The molecule has 7 rings (SSSR count). The van der Waals surface area contributed by atoms with E-state index >= 15 is 0 Å². The Morgan fingerprint density at radius 1 is 0.957 bits per heavy atom. The van der Waals surface area contributed by atoms with Gasteiger partial charge in [0.15, 0.2) is 0 Å². The van der Waals surface area contributed by atoms with E-state index < -0.39 is 0 Å². The van der Waals surface area contributed by atoms with Crippen molar-refractivity contribution in [3.05, 3.63) is 95.2 Å². The van der Waals surface area contributed by atoms with Crippen LogP contribution in [0.5, 0.6) is 0 Å². The molecule has 46 heavy (non-hydrogen) atoms. The second kappa shape index (κ2) is 13.4. The van der Waals surface area contributed by atoms with Crippen LogP contribution in [-0.2, 0) is 50.6 Å². The topological polar surface area (TPSA) is 103 Å². The predicted octanol–water partition coefficient (Wildman–Crippen LogP) is 4.70. The van der Waals surface area contributed by atoms with E-state index in [9.17, 15) is 5.26 Å². The summed E-state index contributed by atoms with van der Waals surface area (Å²) in [5, 5.41) is 18.5. The van der Waals surface area contributed by atoms with E-state index in [1.54, 1.807) is 7.11 Å². The van der Waals surface area contributed by atoms with Gasteiger partial charge < -0.3 is 14.2 Å². The Hall–Kier alpha value is -4.59. The Kier molecular flexibility index (Phi) is 8.77. The highest BCUT2D eigenvalue weighted by Gasteiger charge is 2.25.